The number of para-hydroxylation sites is 2. The van der Waals surface area contributed by atoms with Gasteiger partial charge < -0.3 is 9.88 Å². The first-order valence-electron chi connectivity index (χ1n) is 10.3. The number of nitrogens with zero attached hydrogens (tertiary/aromatic N) is 1. The maximum absolute atomic E-state index is 13.0. The van der Waals surface area contributed by atoms with E-state index in [0.717, 1.165) is 16.7 Å². The number of hydrogen-bond acceptors (Lipinski definition) is 4. The Kier molecular flexibility index (Phi) is 5.74. The van der Waals surface area contributed by atoms with E-state index in [1.807, 2.05) is 88.8 Å². The molecule has 0 saturated carbocycles. The molecule has 0 bridgehead atoms. The highest BCUT2D eigenvalue weighted by atomic mass is 32.2. The molecule has 0 radical (unpaired) electrons. The van der Waals surface area contributed by atoms with E-state index in [9.17, 15) is 9.59 Å². The van der Waals surface area contributed by atoms with Gasteiger partial charge in [0.05, 0.1) is 15.6 Å². The van der Waals surface area contributed by atoms with Crippen molar-refractivity contribution in [3.8, 4) is 0 Å². The molecule has 1 fully saturated rings. The fourth-order valence-corrected chi connectivity index (χ4v) is 6.91. The van der Waals surface area contributed by atoms with Gasteiger partial charge in [-0.15, -0.1) is 23.5 Å². The lowest BCUT2D eigenvalue weighted by Crippen LogP contribution is -2.21. The molecule has 1 aromatic heterocycles. The van der Waals surface area contributed by atoms with Crippen LogP contribution in [0.5, 0.6) is 0 Å². The number of fused-ring (bicyclic) bond motifs is 2. The summed E-state index contributed by atoms with van der Waals surface area (Å²) in [5.74, 6) is 2.25. The second-order valence-electron chi connectivity index (χ2n) is 7.55. The summed E-state index contributed by atoms with van der Waals surface area (Å²) in [5, 5.41) is 4.31. The van der Waals surface area contributed by atoms with Gasteiger partial charge in [-0.05, 0) is 59.9 Å². The lowest BCUT2D eigenvalue weighted by Gasteiger charge is -2.21. The van der Waals surface area contributed by atoms with Crippen LogP contribution in [0.25, 0.3) is 21.8 Å². The van der Waals surface area contributed by atoms with Gasteiger partial charge in [0, 0.05) is 16.5 Å². The first-order chi connectivity index (χ1) is 15.2. The van der Waals surface area contributed by atoms with Crippen molar-refractivity contribution in [1.29, 1.82) is 0 Å². The van der Waals surface area contributed by atoms with Crippen molar-refractivity contribution >= 4 is 56.9 Å². The molecule has 1 N–H and O–H groups in total. The van der Waals surface area contributed by atoms with Crippen LogP contribution >= 0.6 is 23.5 Å². The summed E-state index contributed by atoms with van der Waals surface area (Å²) in [7, 11) is 0. The van der Waals surface area contributed by atoms with Gasteiger partial charge in [0.25, 0.3) is 0 Å². The summed E-state index contributed by atoms with van der Waals surface area (Å²) in [5.41, 5.74) is 3.59. The molecule has 4 nitrogen and oxygen atoms in total. The van der Waals surface area contributed by atoms with Crippen LogP contribution in [0, 0.1) is 0 Å². The summed E-state index contributed by atoms with van der Waals surface area (Å²) in [6.45, 7) is 0.137. The second-order valence-corrected chi connectivity index (χ2v) is 10.3. The molecule has 1 saturated heterocycles. The minimum absolute atomic E-state index is 0.00181. The van der Waals surface area contributed by atoms with Gasteiger partial charge in [-0.25, -0.2) is 0 Å². The molecule has 156 valence electrons. The van der Waals surface area contributed by atoms with Gasteiger partial charge in [-0.1, -0.05) is 36.4 Å². The van der Waals surface area contributed by atoms with E-state index in [-0.39, 0.29) is 17.9 Å². The van der Waals surface area contributed by atoms with Crippen molar-refractivity contribution in [1.82, 2.24) is 4.57 Å². The minimum atomic E-state index is -0.111. The number of carbonyl (C=O) groups excluding carboxylic acids is 1. The number of aromatic nitrogens is 1. The van der Waals surface area contributed by atoms with Crippen LogP contribution in [-0.4, -0.2) is 22.0 Å². The summed E-state index contributed by atoms with van der Waals surface area (Å²) in [6.07, 6.45) is 1.25. The molecule has 4 aromatic rings. The molecule has 31 heavy (non-hydrogen) atoms. The number of thioether (sulfide) groups is 2. The van der Waals surface area contributed by atoms with Gasteiger partial charge in [-0.2, -0.15) is 0 Å². The Morgan fingerprint density at radius 1 is 0.903 bits per heavy atom. The molecule has 1 aliphatic heterocycles. The lowest BCUT2D eigenvalue weighted by molar-refractivity contribution is -0.116. The average Bonchev–Trinajstić information content (AvgIpc) is 2.82. The first-order valence-corrected chi connectivity index (χ1v) is 12.4. The second kappa shape index (κ2) is 8.81. The number of anilines is 1. The van der Waals surface area contributed by atoms with Crippen LogP contribution in [0.4, 0.5) is 5.69 Å². The van der Waals surface area contributed by atoms with E-state index in [1.54, 1.807) is 0 Å². The molecule has 1 amide bonds. The molecule has 5 rings (SSSR count). The van der Waals surface area contributed by atoms with Crippen LogP contribution in [0.1, 0.15) is 16.6 Å². The summed E-state index contributed by atoms with van der Waals surface area (Å²) >= 11 is 3.93. The van der Waals surface area contributed by atoms with Crippen molar-refractivity contribution in [3.63, 3.8) is 0 Å². The van der Waals surface area contributed by atoms with Gasteiger partial charge in [0.1, 0.15) is 6.54 Å². The molecular weight excluding hydrogens is 424 g/mol. The molecule has 0 unspecified atom stereocenters. The van der Waals surface area contributed by atoms with Crippen molar-refractivity contribution in [2.45, 2.75) is 17.5 Å². The zero-order valence-electron chi connectivity index (χ0n) is 16.9. The van der Waals surface area contributed by atoms with E-state index in [2.05, 4.69) is 17.4 Å². The van der Waals surface area contributed by atoms with E-state index >= 15 is 0 Å². The molecule has 0 spiro atoms. The SMILES string of the molecule is O=C(Cn1c2ccccc2c(=O)c2ccccc21)Nc1cccc(C2SCCCS2)c1. The number of hydrogen-bond donors (Lipinski definition) is 1. The predicted octanol–water partition coefficient (Wildman–Crippen LogP) is 5.66. The standard InChI is InChI=1S/C25H22N2O2S2/c28-23(26-18-8-5-7-17(15-18)25-30-13-6-14-31-25)16-27-21-11-3-1-9-19(21)24(29)20-10-2-4-12-22(20)27/h1-5,7-12,15,25H,6,13-14,16H2,(H,26,28). The maximum atomic E-state index is 13.0. The van der Waals surface area contributed by atoms with Crippen LogP contribution in [0.3, 0.4) is 0 Å². The molecule has 1 aliphatic rings. The third kappa shape index (κ3) is 4.10. The van der Waals surface area contributed by atoms with Crippen LogP contribution in [-0.2, 0) is 11.3 Å². The van der Waals surface area contributed by atoms with Crippen molar-refractivity contribution in [2.75, 3.05) is 16.8 Å². The van der Waals surface area contributed by atoms with Gasteiger partial charge in [0.15, 0.2) is 5.43 Å². The first kappa shape index (κ1) is 20.2. The highest BCUT2D eigenvalue weighted by molar-refractivity contribution is 8.16. The average molecular weight is 447 g/mol. The Morgan fingerprint density at radius 2 is 1.55 bits per heavy atom. The number of nitrogens with one attached hydrogen (secondary N) is 1. The van der Waals surface area contributed by atoms with Crippen molar-refractivity contribution in [2.24, 2.45) is 0 Å². The molecule has 0 aliphatic carbocycles. The molecule has 3 aromatic carbocycles. The van der Waals surface area contributed by atoms with E-state index in [0.29, 0.717) is 15.4 Å². The lowest BCUT2D eigenvalue weighted by atomic mass is 10.1. The monoisotopic (exact) mass is 446 g/mol. The summed E-state index contributed by atoms with van der Waals surface area (Å²) in [4.78, 5) is 25.9. The quantitative estimate of drug-likeness (QED) is 0.411. The Morgan fingerprint density at radius 3 is 2.23 bits per heavy atom. The topological polar surface area (TPSA) is 51.1 Å². The zero-order valence-corrected chi connectivity index (χ0v) is 18.5. The normalized spacial score (nSPS) is 14.7. The maximum Gasteiger partial charge on any atom is 0.244 e. The van der Waals surface area contributed by atoms with Gasteiger partial charge in [-0.3, -0.25) is 9.59 Å². The zero-order chi connectivity index (χ0) is 21.2. The van der Waals surface area contributed by atoms with E-state index in [1.165, 1.54) is 23.5 Å². The number of benzene rings is 3. The minimum Gasteiger partial charge on any atom is -0.331 e. The number of pyridine rings is 1. The third-order valence-corrected chi connectivity index (χ3v) is 8.47. The molecule has 0 atom stereocenters. The van der Waals surface area contributed by atoms with E-state index in [4.69, 9.17) is 0 Å². The smallest absolute Gasteiger partial charge is 0.244 e. The van der Waals surface area contributed by atoms with Crippen LogP contribution in [0.15, 0.2) is 77.6 Å². The fourth-order valence-electron chi connectivity index (χ4n) is 4.03. The van der Waals surface area contributed by atoms with Gasteiger partial charge >= 0.3 is 0 Å². The summed E-state index contributed by atoms with van der Waals surface area (Å²) in [6, 6.07) is 23.1. The van der Waals surface area contributed by atoms with E-state index < -0.39 is 0 Å². The number of rotatable bonds is 4. The van der Waals surface area contributed by atoms with Crippen LogP contribution < -0.4 is 10.7 Å². The largest absolute Gasteiger partial charge is 0.331 e. The van der Waals surface area contributed by atoms with Crippen LogP contribution in [0.2, 0.25) is 0 Å². The third-order valence-electron chi connectivity index (χ3n) is 5.45. The molecule has 2 heterocycles. The fraction of sp³-hybridized carbons (Fsp3) is 0.200. The molecule has 6 heteroatoms. The Hall–Kier alpha value is -2.70. The highest BCUT2D eigenvalue weighted by Gasteiger charge is 2.17. The van der Waals surface area contributed by atoms with Crippen molar-refractivity contribution < 1.29 is 4.79 Å². The number of amides is 1. The predicted molar refractivity (Wildman–Crippen MR) is 133 cm³/mol. The Bertz CT molecular complexity index is 1270. The Balaban J connectivity index is 1.46. The summed E-state index contributed by atoms with van der Waals surface area (Å²) < 4.78 is 2.36. The molecular formula is C25H22N2O2S2. The van der Waals surface area contributed by atoms with Crippen molar-refractivity contribution in [3.05, 3.63) is 88.6 Å². The Labute approximate surface area is 189 Å². The van der Waals surface area contributed by atoms with Gasteiger partial charge in [0.2, 0.25) is 5.91 Å². The number of carbonyl (C=O) groups is 1. The highest BCUT2D eigenvalue weighted by Crippen LogP contribution is 2.44.